The Bertz CT molecular complexity index is 823. The minimum Gasteiger partial charge on any atom is -0.443 e. The first-order chi connectivity index (χ1) is 14.3. The van der Waals surface area contributed by atoms with Crippen LogP contribution in [0, 0.1) is 5.82 Å². The lowest BCUT2D eigenvalue weighted by Crippen LogP contribution is -2.48. The molecule has 6 nitrogen and oxygen atoms in total. The highest BCUT2D eigenvalue weighted by Gasteiger charge is 2.21. The van der Waals surface area contributed by atoms with Gasteiger partial charge in [0.25, 0.3) is 0 Å². The normalized spacial score (nSPS) is 16.1. The first-order valence-corrected chi connectivity index (χ1v) is 10.8. The Morgan fingerprint density at radius 3 is 2.48 bits per heavy atom. The third-order valence-corrected chi connectivity index (χ3v) is 5.26. The van der Waals surface area contributed by atoms with E-state index in [2.05, 4.69) is 53.2 Å². The van der Waals surface area contributed by atoms with Gasteiger partial charge in [-0.15, -0.1) is 24.0 Å². The zero-order valence-corrected chi connectivity index (χ0v) is 21.3. The number of hydrogen-bond acceptors (Lipinski definition) is 4. The Morgan fingerprint density at radius 2 is 1.90 bits per heavy atom. The van der Waals surface area contributed by atoms with Gasteiger partial charge in [0.2, 0.25) is 5.89 Å². The molecule has 8 heteroatoms. The molecule has 2 N–H and O–H groups in total. The highest BCUT2D eigenvalue weighted by atomic mass is 127. The topological polar surface area (TPSA) is 65.7 Å². The van der Waals surface area contributed by atoms with Crippen LogP contribution in [0.1, 0.15) is 57.8 Å². The minimum absolute atomic E-state index is 0. The molecule has 1 saturated heterocycles. The third-order valence-electron chi connectivity index (χ3n) is 5.26. The molecule has 1 fully saturated rings. The Balaban J connectivity index is 0.00000341. The lowest BCUT2D eigenvalue weighted by Gasteiger charge is -2.33. The highest BCUT2D eigenvalue weighted by molar-refractivity contribution is 14.0. The molecule has 0 amide bonds. The number of halogens is 2. The van der Waals surface area contributed by atoms with Crippen molar-refractivity contribution in [3.8, 4) is 0 Å². The van der Waals surface area contributed by atoms with E-state index in [0.717, 1.165) is 56.3 Å². The number of aliphatic imine (C=N–C) groups is 1. The number of hydrogen-bond donors (Lipinski definition) is 2. The second kappa shape index (κ2) is 11.8. The van der Waals surface area contributed by atoms with Crippen LogP contribution in [0.2, 0.25) is 0 Å². The van der Waals surface area contributed by atoms with E-state index in [1.807, 2.05) is 12.1 Å². The summed E-state index contributed by atoms with van der Waals surface area (Å²) in [4.78, 5) is 11.4. The summed E-state index contributed by atoms with van der Waals surface area (Å²) in [7, 11) is 0. The van der Waals surface area contributed by atoms with Crippen molar-refractivity contribution >= 4 is 29.9 Å². The van der Waals surface area contributed by atoms with Crippen molar-refractivity contribution in [2.45, 2.75) is 65.1 Å². The summed E-state index contributed by atoms with van der Waals surface area (Å²) in [5, 5.41) is 6.86. The lowest BCUT2D eigenvalue weighted by atomic mass is 9.94. The van der Waals surface area contributed by atoms with Crippen LogP contribution in [0.25, 0.3) is 0 Å². The fraction of sp³-hybridized carbons (Fsp3) is 0.565. The second-order valence-electron chi connectivity index (χ2n) is 8.88. The van der Waals surface area contributed by atoms with Gasteiger partial charge in [-0.05, 0) is 37.5 Å². The first-order valence-electron chi connectivity index (χ1n) is 10.8. The van der Waals surface area contributed by atoms with Gasteiger partial charge in [0.05, 0.1) is 6.20 Å². The fourth-order valence-corrected chi connectivity index (χ4v) is 3.47. The number of nitrogens with zero attached hydrogens (tertiary/aromatic N) is 3. The van der Waals surface area contributed by atoms with Gasteiger partial charge < -0.3 is 15.1 Å². The van der Waals surface area contributed by atoms with Crippen molar-refractivity contribution in [2.75, 3.05) is 19.6 Å². The number of benzene rings is 1. The van der Waals surface area contributed by atoms with E-state index in [1.165, 1.54) is 12.1 Å². The molecule has 0 saturated carbocycles. The van der Waals surface area contributed by atoms with E-state index < -0.39 is 0 Å². The molecule has 1 aliphatic heterocycles. The number of nitrogens with one attached hydrogen (secondary N) is 2. The molecule has 2 aromatic rings. The number of likely N-dealkylation sites (tertiary alicyclic amines) is 1. The SMILES string of the molecule is CCNC(=NCc1ncc(C(C)(C)C)o1)NC1CCN(Cc2ccc(F)cc2)CC1.I. The van der Waals surface area contributed by atoms with Gasteiger partial charge >= 0.3 is 0 Å². The van der Waals surface area contributed by atoms with Crippen LogP contribution in [0.4, 0.5) is 4.39 Å². The molecule has 0 bridgehead atoms. The van der Waals surface area contributed by atoms with Crippen LogP contribution >= 0.6 is 24.0 Å². The van der Waals surface area contributed by atoms with Crippen LogP contribution in [-0.2, 0) is 18.5 Å². The number of oxazole rings is 1. The predicted octanol–water partition coefficient (Wildman–Crippen LogP) is 4.45. The van der Waals surface area contributed by atoms with E-state index in [1.54, 1.807) is 6.20 Å². The molecule has 0 atom stereocenters. The first kappa shape index (κ1) is 25.6. The van der Waals surface area contributed by atoms with Crippen LogP contribution in [0.5, 0.6) is 0 Å². The lowest BCUT2D eigenvalue weighted by molar-refractivity contribution is 0.198. The molecule has 0 spiro atoms. The average Bonchev–Trinajstić information content (AvgIpc) is 3.19. The Hall–Kier alpha value is -1.68. The largest absolute Gasteiger partial charge is 0.443 e. The van der Waals surface area contributed by atoms with E-state index >= 15 is 0 Å². The van der Waals surface area contributed by atoms with E-state index in [0.29, 0.717) is 18.5 Å². The average molecular weight is 543 g/mol. The standard InChI is InChI=1S/C23H34FN5O.HI/c1-5-25-22(27-15-21-26-14-20(30-21)23(2,3)4)28-19-10-12-29(13-11-19)16-17-6-8-18(24)9-7-17;/h6-9,14,19H,5,10-13,15-16H2,1-4H3,(H2,25,27,28);1H. The van der Waals surface area contributed by atoms with E-state index in [4.69, 9.17) is 4.42 Å². The molecule has 172 valence electrons. The zero-order chi connectivity index (χ0) is 21.6. The summed E-state index contributed by atoms with van der Waals surface area (Å²) < 4.78 is 18.9. The number of rotatable bonds is 6. The maximum absolute atomic E-state index is 13.1. The van der Waals surface area contributed by atoms with Gasteiger partial charge in [0.15, 0.2) is 5.96 Å². The van der Waals surface area contributed by atoms with Crippen molar-refractivity contribution in [2.24, 2.45) is 4.99 Å². The third kappa shape index (κ3) is 8.07. The summed E-state index contributed by atoms with van der Waals surface area (Å²) in [5.41, 5.74) is 1.10. The highest BCUT2D eigenvalue weighted by Crippen LogP contribution is 2.22. The quantitative estimate of drug-likeness (QED) is 0.320. The van der Waals surface area contributed by atoms with Gasteiger partial charge in [-0.1, -0.05) is 32.9 Å². The molecular formula is C23H35FIN5O. The number of piperidine rings is 1. The van der Waals surface area contributed by atoms with Crippen LogP contribution < -0.4 is 10.6 Å². The molecule has 1 aromatic carbocycles. The number of guanidine groups is 1. The molecule has 1 aromatic heterocycles. The molecule has 0 aliphatic carbocycles. The summed E-state index contributed by atoms with van der Waals surface area (Å²) in [6.45, 7) is 12.5. The van der Waals surface area contributed by atoms with Gasteiger partial charge in [-0.2, -0.15) is 0 Å². The molecule has 2 heterocycles. The molecule has 1 aliphatic rings. The van der Waals surface area contributed by atoms with Crippen molar-refractivity contribution in [3.05, 3.63) is 53.5 Å². The van der Waals surface area contributed by atoms with Crippen LogP contribution in [0.15, 0.2) is 39.9 Å². The molecule has 31 heavy (non-hydrogen) atoms. The summed E-state index contributed by atoms with van der Waals surface area (Å²) >= 11 is 0. The Kier molecular flexibility index (Phi) is 9.74. The van der Waals surface area contributed by atoms with Crippen LogP contribution in [0.3, 0.4) is 0 Å². The zero-order valence-electron chi connectivity index (χ0n) is 18.9. The second-order valence-corrected chi connectivity index (χ2v) is 8.88. The van der Waals surface area contributed by atoms with Gasteiger partial charge in [0.1, 0.15) is 18.1 Å². The Morgan fingerprint density at radius 1 is 1.23 bits per heavy atom. The monoisotopic (exact) mass is 543 g/mol. The number of aromatic nitrogens is 1. The maximum Gasteiger partial charge on any atom is 0.216 e. The minimum atomic E-state index is -0.184. The molecule has 0 radical (unpaired) electrons. The van der Waals surface area contributed by atoms with Gasteiger partial charge in [-0.25, -0.2) is 14.4 Å². The molecular weight excluding hydrogens is 508 g/mol. The van der Waals surface area contributed by atoms with Crippen molar-refractivity contribution in [1.29, 1.82) is 0 Å². The Labute approximate surface area is 202 Å². The van der Waals surface area contributed by atoms with E-state index in [9.17, 15) is 4.39 Å². The summed E-state index contributed by atoms with van der Waals surface area (Å²) in [5.74, 6) is 2.12. The van der Waals surface area contributed by atoms with Crippen molar-refractivity contribution < 1.29 is 8.81 Å². The summed E-state index contributed by atoms with van der Waals surface area (Å²) in [6, 6.07) is 7.16. The molecule has 3 rings (SSSR count). The van der Waals surface area contributed by atoms with Crippen molar-refractivity contribution in [3.63, 3.8) is 0 Å². The summed E-state index contributed by atoms with van der Waals surface area (Å²) in [6.07, 6.45) is 3.87. The van der Waals surface area contributed by atoms with Gasteiger partial charge in [-0.3, -0.25) is 4.90 Å². The fourth-order valence-electron chi connectivity index (χ4n) is 3.47. The van der Waals surface area contributed by atoms with Crippen molar-refractivity contribution in [1.82, 2.24) is 20.5 Å². The smallest absolute Gasteiger partial charge is 0.216 e. The predicted molar refractivity (Wildman–Crippen MR) is 133 cm³/mol. The van der Waals surface area contributed by atoms with Crippen LogP contribution in [-0.4, -0.2) is 41.5 Å². The van der Waals surface area contributed by atoms with Gasteiger partial charge in [0, 0.05) is 37.6 Å². The maximum atomic E-state index is 13.1. The van der Waals surface area contributed by atoms with E-state index in [-0.39, 0.29) is 35.2 Å². The molecule has 0 unspecified atom stereocenters.